The Kier molecular flexibility index (Phi) is 7.29. The van der Waals surface area contributed by atoms with Crippen LogP contribution in [0.15, 0.2) is 71.3 Å². The van der Waals surface area contributed by atoms with E-state index in [0.717, 1.165) is 22.9 Å². The summed E-state index contributed by atoms with van der Waals surface area (Å²) in [6.07, 6.45) is 2.54. The smallest absolute Gasteiger partial charge is 0.343 e. The molecule has 1 fully saturated rings. The van der Waals surface area contributed by atoms with Crippen LogP contribution >= 0.6 is 24.0 Å². The van der Waals surface area contributed by atoms with Gasteiger partial charge in [0.25, 0.3) is 11.6 Å². The lowest BCUT2D eigenvalue weighted by Gasteiger charge is -2.12. The van der Waals surface area contributed by atoms with Crippen molar-refractivity contribution in [2.75, 3.05) is 6.61 Å². The zero-order valence-electron chi connectivity index (χ0n) is 16.7. The summed E-state index contributed by atoms with van der Waals surface area (Å²) >= 11 is 6.22. The van der Waals surface area contributed by atoms with Gasteiger partial charge in [0.15, 0.2) is 4.32 Å². The molecule has 162 valence electrons. The topological polar surface area (TPSA) is 107 Å². The summed E-state index contributed by atoms with van der Waals surface area (Å²) in [5.41, 5.74) is 0.233. The average molecular weight is 469 g/mol. The van der Waals surface area contributed by atoms with Crippen molar-refractivity contribution < 1.29 is 24.0 Å². The summed E-state index contributed by atoms with van der Waals surface area (Å²) < 4.78 is 5.10. The first-order chi connectivity index (χ1) is 15.3. The molecule has 3 rings (SSSR count). The van der Waals surface area contributed by atoms with E-state index in [4.69, 9.17) is 17.0 Å². The second-order valence-corrected chi connectivity index (χ2v) is 8.04. The fraction of sp³-hybridized carbons (Fsp3) is 0.0909. The van der Waals surface area contributed by atoms with Crippen LogP contribution in [0.25, 0.3) is 6.08 Å². The maximum Gasteiger partial charge on any atom is 0.343 e. The Hall–Kier alpha value is -3.63. The van der Waals surface area contributed by atoms with Crippen molar-refractivity contribution in [2.45, 2.75) is 6.92 Å². The van der Waals surface area contributed by atoms with Crippen LogP contribution in [0.4, 0.5) is 5.69 Å². The molecular formula is C22H16N2O6S2. The number of ether oxygens (including phenoxy) is 1. The number of rotatable bonds is 7. The van der Waals surface area contributed by atoms with Gasteiger partial charge in [-0.15, -0.1) is 0 Å². The zero-order valence-corrected chi connectivity index (χ0v) is 18.4. The van der Waals surface area contributed by atoms with Crippen LogP contribution in [0.2, 0.25) is 0 Å². The van der Waals surface area contributed by atoms with Gasteiger partial charge in [0, 0.05) is 23.9 Å². The third-order valence-corrected chi connectivity index (χ3v) is 5.57. The quantitative estimate of drug-likeness (QED) is 0.0873. The number of carbonyl (C=O) groups is 3. The Balaban J connectivity index is 1.96. The maximum absolute atomic E-state index is 12.9. The van der Waals surface area contributed by atoms with Crippen LogP contribution in [0.1, 0.15) is 22.8 Å². The number of carbonyl (C=O) groups excluding carboxylic acids is 3. The molecule has 1 saturated heterocycles. The predicted molar refractivity (Wildman–Crippen MR) is 124 cm³/mol. The molecule has 1 aliphatic rings. The summed E-state index contributed by atoms with van der Waals surface area (Å²) in [5, 5.41) is 11.0. The van der Waals surface area contributed by atoms with Gasteiger partial charge >= 0.3 is 5.97 Å². The molecule has 0 saturated carbocycles. The number of hydrogen-bond acceptors (Lipinski definition) is 8. The minimum atomic E-state index is -0.877. The SMILES string of the molecule is CCOC(=O)/C(=C/N1C(=O)/C(=C/c2cccc([N+](=O)[O-])c2)SC1=S)C(=O)c1ccccc1. The maximum atomic E-state index is 12.9. The fourth-order valence-electron chi connectivity index (χ4n) is 2.76. The van der Waals surface area contributed by atoms with Gasteiger partial charge in [0.2, 0.25) is 5.78 Å². The van der Waals surface area contributed by atoms with Crippen molar-refractivity contribution >= 4 is 57.7 Å². The van der Waals surface area contributed by atoms with E-state index < -0.39 is 22.6 Å². The molecule has 0 bridgehead atoms. The molecular weight excluding hydrogens is 452 g/mol. The lowest BCUT2D eigenvalue weighted by Crippen LogP contribution is -2.26. The van der Waals surface area contributed by atoms with Crippen LogP contribution in [-0.2, 0) is 14.3 Å². The van der Waals surface area contributed by atoms with Crippen molar-refractivity contribution in [2.24, 2.45) is 0 Å². The molecule has 0 atom stereocenters. The van der Waals surface area contributed by atoms with Gasteiger partial charge in [-0.1, -0.05) is 66.4 Å². The Morgan fingerprint density at radius 1 is 1.19 bits per heavy atom. The highest BCUT2D eigenvalue weighted by Gasteiger charge is 2.33. The molecule has 1 amide bonds. The standard InChI is InChI=1S/C22H16N2O6S2/c1-2-30-21(27)17(19(25)15-8-4-3-5-9-15)13-23-20(26)18(32-22(23)31)12-14-7-6-10-16(11-14)24(28)29/h3-13H,2H2,1H3/b17-13+,18-12-. The molecule has 0 radical (unpaired) electrons. The van der Waals surface area contributed by atoms with Gasteiger partial charge in [0.1, 0.15) is 5.57 Å². The molecule has 0 N–H and O–H groups in total. The van der Waals surface area contributed by atoms with E-state index in [2.05, 4.69) is 0 Å². The molecule has 0 aliphatic carbocycles. The van der Waals surface area contributed by atoms with Crippen LogP contribution in [0.5, 0.6) is 0 Å². The average Bonchev–Trinajstić information content (AvgIpc) is 3.04. The van der Waals surface area contributed by atoms with E-state index in [1.165, 1.54) is 24.3 Å². The lowest BCUT2D eigenvalue weighted by atomic mass is 10.0. The van der Waals surface area contributed by atoms with Crippen molar-refractivity contribution in [1.29, 1.82) is 0 Å². The fourth-order valence-corrected chi connectivity index (χ4v) is 3.97. The summed E-state index contributed by atoms with van der Waals surface area (Å²) in [5.74, 6) is -2.05. The summed E-state index contributed by atoms with van der Waals surface area (Å²) in [4.78, 5) is 49.9. The molecule has 8 nitrogen and oxygen atoms in total. The Labute approximate surface area is 192 Å². The zero-order chi connectivity index (χ0) is 23.3. The van der Waals surface area contributed by atoms with Crippen molar-refractivity contribution in [3.05, 3.63) is 92.5 Å². The summed E-state index contributed by atoms with van der Waals surface area (Å²) in [6, 6.07) is 13.9. The first-order valence-corrected chi connectivity index (χ1v) is 10.5. The van der Waals surface area contributed by atoms with Crippen LogP contribution < -0.4 is 0 Å². The Morgan fingerprint density at radius 3 is 2.56 bits per heavy atom. The van der Waals surface area contributed by atoms with E-state index in [1.54, 1.807) is 43.3 Å². The molecule has 32 heavy (non-hydrogen) atoms. The van der Waals surface area contributed by atoms with E-state index in [9.17, 15) is 24.5 Å². The number of hydrogen-bond donors (Lipinski definition) is 0. The number of thiocarbonyl (C=S) groups is 1. The van der Waals surface area contributed by atoms with Crippen LogP contribution in [0.3, 0.4) is 0 Å². The largest absolute Gasteiger partial charge is 0.462 e. The summed E-state index contributed by atoms with van der Waals surface area (Å²) in [6.45, 7) is 1.65. The number of Topliss-reactive ketones (excluding diaryl/α,β-unsaturated/α-hetero) is 1. The van der Waals surface area contributed by atoms with Gasteiger partial charge < -0.3 is 4.74 Å². The number of ketones is 1. The molecule has 2 aromatic rings. The van der Waals surface area contributed by atoms with Gasteiger partial charge in [-0.2, -0.15) is 0 Å². The highest BCUT2D eigenvalue weighted by atomic mass is 32.2. The number of benzene rings is 2. The highest BCUT2D eigenvalue weighted by molar-refractivity contribution is 8.26. The predicted octanol–water partition coefficient (Wildman–Crippen LogP) is 4.13. The number of esters is 1. The molecule has 1 heterocycles. The van der Waals surface area contributed by atoms with Crippen LogP contribution in [0, 0.1) is 10.1 Å². The number of nitro groups is 1. The lowest BCUT2D eigenvalue weighted by molar-refractivity contribution is -0.384. The molecule has 0 unspecified atom stereocenters. The first-order valence-electron chi connectivity index (χ1n) is 9.32. The number of nitro benzene ring substituents is 1. The van der Waals surface area contributed by atoms with Gasteiger partial charge in [0.05, 0.1) is 16.4 Å². The number of amides is 1. The van der Waals surface area contributed by atoms with Crippen LogP contribution in [-0.4, -0.2) is 38.4 Å². The van der Waals surface area contributed by atoms with E-state index in [-0.39, 0.29) is 32.7 Å². The molecule has 0 aromatic heterocycles. The van der Waals surface area contributed by atoms with Crippen molar-refractivity contribution in [3.63, 3.8) is 0 Å². The first kappa shape index (κ1) is 23.0. The molecule has 0 spiro atoms. The van der Waals surface area contributed by atoms with Gasteiger partial charge in [-0.05, 0) is 18.6 Å². The number of thioether (sulfide) groups is 1. The molecule has 2 aromatic carbocycles. The number of non-ortho nitro benzene ring substituents is 1. The molecule has 1 aliphatic heterocycles. The molecule has 10 heteroatoms. The third-order valence-electron chi connectivity index (χ3n) is 4.24. The van der Waals surface area contributed by atoms with Gasteiger partial charge in [-0.25, -0.2) is 4.79 Å². The van der Waals surface area contributed by atoms with E-state index in [1.807, 2.05) is 0 Å². The summed E-state index contributed by atoms with van der Waals surface area (Å²) in [7, 11) is 0. The van der Waals surface area contributed by atoms with Crippen molar-refractivity contribution in [1.82, 2.24) is 4.90 Å². The number of nitrogens with zero attached hydrogens (tertiary/aromatic N) is 2. The van der Waals surface area contributed by atoms with Gasteiger partial charge in [-0.3, -0.25) is 24.6 Å². The Morgan fingerprint density at radius 2 is 1.91 bits per heavy atom. The van der Waals surface area contributed by atoms with E-state index >= 15 is 0 Å². The second-order valence-electron chi connectivity index (χ2n) is 6.36. The minimum Gasteiger partial charge on any atom is -0.462 e. The minimum absolute atomic E-state index is 0.0450. The Bertz CT molecular complexity index is 1170. The van der Waals surface area contributed by atoms with E-state index in [0.29, 0.717) is 5.56 Å². The third kappa shape index (κ3) is 5.16. The highest BCUT2D eigenvalue weighted by Crippen LogP contribution is 2.34. The normalized spacial score (nSPS) is 15.2. The van der Waals surface area contributed by atoms with Crippen molar-refractivity contribution in [3.8, 4) is 0 Å². The second kappa shape index (κ2) is 10.1. The monoisotopic (exact) mass is 468 g/mol.